The molecule has 0 spiro atoms. The van der Waals surface area contributed by atoms with Crippen molar-refractivity contribution in [2.75, 3.05) is 6.61 Å². The van der Waals surface area contributed by atoms with E-state index in [2.05, 4.69) is 0 Å². The number of carbonyl (C=O) groups is 2. The lowest BCUT2D eigenvalue weighted by atomic mass is 10.1. The van der Waals surface area contributed by atoms with Crippen LogP contribution in [-0.2, 0) is 9.53 Å². The van der Waals surface area contributed by atoms with Gasteiger partial charge in [-0.2, -0.15) is 0 Å². The van der Waals surface area contributed by atoms with Crippen molar-refractivity contribution in [3.63, 3.8) is 0 Å². The van der Waals surface area contributed by atoms with Crippen LogP contribution in [-0.4, -0.2) is 18.4 Å². The van der Waals surface area contributed by atoms with Crippen LogP contribution in [0.2, 0.25) is 0 Å². The normalized spacial score (nSPS) is 10.4. The zero-order valence-corrected chi connectivity index (χ0v) is 9.40. The number of ether oxygens (including phenoxy) is 1. The summed E-state index contributed by atoms with van der Waals surface area (Å²) in [5, 5.41) is 0. The van der Waals surface area contributed by atoms with Gasteiger partial charge >= 0.3 is 5.97 Å². The summed E-state index contributed by atoms with van der Waals surface area (Å²) in [4.78, 5) is 22.0. The smallest absolute Gasteiger partial charge is 0.330 e. The molecule has 84 valence electrons. The summed E-state index contributed by atoms with van der Waals surface area (Å²) >= 11 is 0. The van der Waals surface area contributed by atoms with E-state index in [1.807, 2.05) is 0 Å². The second kappa shape index (κ2) is 5.85. The molecule has 0 radical (unpaired) electrons. The Hall–Kier alpha value is -1.90. The SMILES string of the molecule is CCOC(=O)/C=C\c1ccc(C(C)=O)cc1. The number of carbonyl (C=O) groups excluding carboxylic acids is 2. The molecule has 3 nitrogen and oxygen atoms in total. The minimum atomic E-state index is -0.363. The van der Waals surface area contributed by atoms with Crippen molar-refractivity contribution < 1.29 is 14.3 Å². The van der Waals surface area contributed by atoms with Gasteiger partial charge in [-0.15, -0.1) is 0 Å². The van der Waals surface area contributed by atoms with Gasteiger partial charge in [0.2, 0.25) is 0 Å². The van der Waals surface area contributed by atoms with E-state index in [0.29, 0.717) is 12.2 Å². The third kappa shape index (κ3) is 3.69. The Morgan fingerprint density at radius 1 is 1.25 bits per heavy atom. The summed E-state index contributed by atoms with van der Waals surface area (Å²) in [6.07, 6.45) is 3.02. The van der Waals surface area contributed by atoms with Crippen LogP contribution in [0.1, 0.15) is 29.8 Å². The summed E-state index contributed by atoms with van der Waals surface area (Å²) in [5.41, 5.74) is 1.52. The van der Waals surface area contributed by atoms with Crippen molar-refractivity contribution in [3.05, 3.63) is 41.5 Å². The van der Waals surface area contributed by atoms with Crippen molar-refractivity contribution in [3.8, 4) is 0 Å². The first kappa shape index (κ1) is 12.2. The van der Waals surface area contributed by atoms with Gasteiger partial charge in [0.1, 0.15) is 0 Å². The van der Waals surface area contributed by atoms with Gasteiger partial charge in [-0.05, 0) is 25.5 Å². The molecule has 0 aromatic heterocycles. The molecule has 0 unspecified atom stereocenters. The molecule has 0 atom stereocenters. The molecule has 0 aliphatic rings. The van der Waals surface area contributed by atoms with Crippen molar-refractivity contribution in [2.24, 2.45) is 0 Å². The van der Waals surface area contributed by atoms with Gasteiger partial charge in [0.15, 0.2) is 5.78 Å². The fourth-order valence-corrected chi connectivity index (χ4v) is 1.18. The van der Waals surface area contributed by atoms with Gasteiger partial charge < -0.3 is 4.74 Å². The van der Waals surface area contributed by atoms with Crippen LogP contribution in [0.25, 0.3) is 6.08 Å². The third-order valence-electron chi connectivity index (χ3n) is 2.02. The minimum absolute atomic E-state index is 0.0286. The zero-order chi connectivity index (χ0) is 12.0. The molecule has 0 fully saturated rings. The number of Topliss-reactive ketones (excluding diaryl/α,β-unsaturated/α-hetero) is 1. The van der Waals surface area contributed by atoms with E-state index in [4.69, 9.17) is 4.74 Å². The van der Waals surface area contributed by atoms with Gasteiger partial charge in [-0.1, -0.05) is 24.3 Å². The Labute approximate surface area is 94.7 Å². The van der Waals surface area contributed by atoms with E-state index in [9.17, 15) is 9.59 Å². The monoisotopic (exact) mass is 218 g/mol. The largest absolute Gasteiger partial charge is 0.463 e. The zero-order valence-electron chi connectivity index (χ0n) is 9.40. The lowest BCUT2D eigenvalue weighted by Crippen LogP contribution is -1.98. The predicted octanol–water partition coefficient (Wildman–Crippen LogP) is 2.47. The molecule has 0 saturated carbocycles. The fourth-order valence-electron chi connectivity index (χ4n) is 1.18. The highest BCUT2D eigenvalue weighted by Crippen LogP contribution is 2.06. The van der Waals surface area contributed by atoms with E-state index in [1.165, 1.54) is 13.0 Å². The van der Waals surface area contributed by atoms with Gasteiger partial charge in [0.25, 0.3) is 0 Å². The molecule has 0 N–H and O–H groups in total. The third-order valence-corrected chi connectivity index (χ3v) is 2.02. The number of benzene rings is 1. The lowest BCUT2D eigenvalue weighted by Gasteiger charge is -1.97. The number of hydrogen-bond acceptors (Lipinski definition) is 3. The molecule has 16 heavy (non-hydrogen) atoms. The quantitative estimate of drug-likeness (QED) is 0.443. The van der Waals surface area contributed by atoms with Crippen molar-refractivity contribution in [2.45, 2.75) is 13.8 Å². The second-order valence-corrected chi connectivity index (χ2v) is 3.26. The fraction of sp³-hybridized carbons (Fsp3) is 0.231. The number of ketones is 1. The van der Waals surface area contributed by atoms with E-state index in [-0.39, 0.29) is 11.8 Å². The highest BCUT2D eigenvalue weighted by Gasteiger charge is 1.98. The average Bonchev–Trinajstić information content (AvgIpc) is 2.27. The van der Waals surface area contributed by atoms with Crippen molar-refractivity contribution >= 4 is 17.8 Å². The number of hydrogen-bond donors (Lipinski definition) is 0. The molecule has 3 heteroatoms. The molecule has 0 aliphatic heterocycles. The predicted molar refractivity (Wildman–Crippen MR) is 62.1 cm³/mol. The maximum Gasteiger partial charge on any atom is 0.330 e. The molecule has 0 heterocycles. The van der Waals surface area contributed by atoms with E-state index in [1.54, 1.807) is 37.3 Å². The standard InChI is InChI=1S/C13H14O3/c1-3-16-13(15)9-6-11-4-7-12(8-5-11)10(2)14/h4-9H,3H2,1-2H3/b9-6-. The highest BCUT2D eigenvalue weighted by molar-refractivity contribution is 5.94. The summed E-state index contributed by atoms with van der Waals surface area (Å²) in [7, 11) is 0. The van der Waals surface area contributed by atoms with Crippen molar-refractivity contribution in [1.82, 2.24) is 0 Å². The van der Waals surface area contributed by atoms with Gasteiger partial charge in [-0.3, -0.25) is 4.79 Å². The van der Waals surface area contributed by atoms with Gasteiger partial charge in [0.05, 0.1) is 6.61 Å². The first-order chi connectivity index (χ1) is 7.63. The van der Waals surface area contributed by atoms with Crippen LogP contribution in [0, 0.1) is 0 Å². The molecule has 0 bridgehead atoms. The Bertz CT molecular complexity index is 402. The molecule has 1 rings (SSSR count). The first-order valence-corrected chi connectivity index (χ1v) is 5.09. The molecule has 1 aromatic carbocycles. The highest BCUT2D eigenvalue weighted by atomic mass is 16.5. The van der Waals surface area contributed by atoms with Crippen molar-refractivity contribution in [1.29, 1.82) is 0 Å². The molecule has 0 amide bonds. The summed E-state index contributed by atoms with van der Waals surface area (Å²) in [6, 6.07) is 7.03. The topological polar surface area (TPSA) is 43.4 Å². The molecule has 1 aromatic rings. The first-order valence-electron chi connectivity index (χ1n) is 5.09. The van der Waals surface area contributed by atoms with Gasteiger partial charge in [-0.25, -0.2) is 4.79 Å². The molecular formula is C13H14O3. The summed E-state index contributed by atoms with van der Waals surface area (Å²) < 4.78 is 4.75. The van der Waals surface area contributed by atoms with Crippen LogP contribution >= 0.6 is 0 Å². The van der Waals surface area contributed by atoms with Crippen LogP contribution in [0.15, 0.2) is 30.3 Å². The molecule has 0 saturated heterocycles. The maximum absolute atomic E-state index is 11.0. The molecular weight excluding hydrogens is 204 g/mol. The maximum atomic E-state index is 11.0. The number of esters is 1. The van der Waals surface area contributed by atoms with E-state index in [0.717, 1.165) is 5.56 Å². The summed E-state index contributed by atoms with van der Waals surface area (Å²) in [5.74, 6) is -0.334. The Kier molecular flexibility index (Phi) is 4.45. The molecule has 0 aliphatic carbocycles. The second-order valence-electron chi connectivity index (χ2n) is 3.26. The number of rotatable bonds is 4. The van der Waals surface area contributed by atoms with Crippen LogP contribution in [0.3, 0.4) is 0 Å². The minimum Gasteiger partial charge on any atom is -0.463 e. The Morgan fingerprint density at radius 3 is 2.38 bits per heavy atom. The Balaban J connectivity index is 2.68. The summed E-state index contributed by atoms with van der Waals surface area (Å²) in [6.45, 7) is 3.64. The van der Waals surface area contributed by atoms with Crippen LogP contribution < -0.4 is 0 Å². The van der Waals surface area contributed by atoms with Crippen LogP contribution in [0.4, 0.5) is 0 Å². The van der Waals surface area contributed by atoms with Gasteiger partial charge in [0, 0.05) is 11.6 Å². The van der Waals surface area contributed by atoms with E-state index < -0.39 is 0 Å². The average molecular weight is 218 g/mol. The van der Waals surface area contributed by atoms with Crippen LogP contribution in [0.5, 0.6) is 0 Å². The lowest BCUT2D eigenvalue weighted by molar-refractivity contribution is -0.137. The van der Waals surface area contributed by atoms with E-state index >= 15 is 0 Å². The Morgan fingerprint density at radius 2 is 1.88 bits per heavy atom.